The van der Waals surface area contributed by atoms with Gasteiger partial charge in [-0.25, -0.2) is 0 Å². The molecule has 4 heteroatoms. The maximum absolute atomic E-state index is 12.2. The quantitative estimate of drug-likeness (QED) is 0.909. The van der Waals surface area contributed by atoms with Crippen molar-refractivity contribution in [1.29, 1.82) is 0 Å². The van der Waals surface area contributed by atoms with E-state index in [1.807, 2.05) is 36.4 Å². The highest BCUT2D eigenvalue weighted by molar-refractivity contribution is 6.04. The standard InChI is InChI=1S/C16H17NO3/c1-19-11-12-5-3-6-13(9-12)16(18)17-14-7-4-8-15(10-14)20-2/h3-10H,11H2,1-2H3,(H,17,18). The van der Waals surface area contributed by atoms with E-state index >= 15 is 0 Å². The van der Waals surface area contributed by atoms with Gasteiger partial charge in [-0.05, 0) is 29.8 Å². The van der Waals surface area contributed by atoms with Crippen LogP contribution >= 0.6 is 0 Å². The first-order chi connectivity index (χ1) is 9.72. The molecular weight excluding hydrogens is 254 g/mol. The predicted octanol–water partition coefficient (Wildman–Crippen LogP) is 3.09. The van der Waals surface area contributed by atoms with Crippen LogP contribution in [0.3, 0.4) is 0 Å². The van der Waals surface area contributed by atoms with Crippen LogP contribution in [0, 0.1) is 0 Å². The van der Waals surface area contributed by atoms with Gasteiger partial charge >= 0.3 is 0 Å². The SMILES string of the molecule is COCc1cccc(C(=O)Nc2cccc(OC)c2)c1. The second kappa shape index (κ2) is 6.73. The molecule has 1 N–H and O–H groups in total. The molecule has 104 valence electrons. The number of carbonyl (C=O) groups is 1. The van der Waals surface area contributed by atoms with Gasteiger partial charge in [0.25, 0.3) is 5.91 Å². The molecule has 0 atom stereocenters. The number of rotatable bonds is 5. The number of hydrogen-bond donors (Lipinski definition) is 1. The fourth-order valence-electron chi connectivity index (χ4n) is 1.87. The number of amides is 1. The molecule has 0 aliphatic rings. The van der Waals surface area contributed by atoms with Crippen molar-refractivity contribution in [3.63, 3.8) is 0 Å². The van der Waals surface area contributed by atoms with E-state index in [2.05, 4.69) is 5.32 Å². The minimum absolute atomic E-state index is 0.156. The zero-order chi connectivity index (χ0) is 14.4. The van der Waals surface area contributed by atoms with Gasteiger partial charge < -0.3 is 14.8 Å². The highest BCUT2D eigenvalue weighted by Crippen LogP contribution is 2.17. The molecule has 0 saturated carbocycles. The molecule has 0 spiro atoms. The lowest BCUT2D eigenvalue weighted by Crippen LogP contribution is -2.12. The minimum atomic E-state index is -0.156. The van der Waals surface area contributed by atoms with Gasteiger partial charge in [0, 0.05) is 24.4 Å². The number of hydrogen-bond acceptors (Lipinski definition) is 3. The first-order valence-corrected chi connectivity index (χ1v) is 6.26. The van der Waals surface area contributed by atoms with Crippen molar-refractivity contribution < 1.29 is 14.3 Å². The summed E-state index contributed by atoms with van der Waals surface area (Å²) in [6.07, 6.45) is 0. The van der Waals surface area contributed by atoms with Gasteiger partial charge in [0.1, 0.15) is 5.75 Å². The monoisotopic (exact) mass is 271 g/mol. The number of nitrogens with one attached hydrogen (secondary N) is 1. The Hall–Kier alpha value is -2.33. The highest BCUT2D eigenvalue weighted by Gasteiger charge is 2.07. The van der Waals surface area contributed by atoms with Gasteiger partial charge in [0.05, 0.1) is 13.7 Å². The van der Waals surface area contributed by atoms with Crippen LogP contribution in [0.25, 0.3) is 0 Å². The summed E-state index contributed by atoms with van der Waals surface area (Å²) in [5.74, 6) is 0.548. The lowest BCUT2D eigenvalue weighted by Gasteiger charge is -2.08. The van der Waals surface area contributed by atoms with Crippen LogP contribution in [0.2, 0.25) is 0 Å². The molecule has 1 amide bonds. The molecule has 4 nitrogen and oxygen atoms in total. The maximum Gasteiger partial charge on any atom is 0.255 e. The summed E-state index contributed by atoms with van der Waals surface area (Å²) in [7, 11) is 3.22. The number of carbonyl (C=O) groups excluding carboxylic acids is 1. The maximum atomic E-state index is 12.2. The Labute approximate surface area is 118 Å². The third kappa shape index (κ3) is 3.59. The average Bonchev–Trinajstić information content (AvgIpc) is 2.48. The molecule has 0 radical (unpaired) electrons. The molecule has 0 fully saturated rings. The van der Waals surface area contributed by atoms with Crippen LogP contribution in [-0.4, -0.2) is 20.1 Å². The lowest BCUT2D eigenvalue weighted by atomic mass is 10.1. The fourth-order valence-corrected chi connectivity index (χ4v) is 1.87. The van der Waals surface area contributed by atoms with Crippen molar-refractivity contribution in [2.24, 2.45) is 0 Å². The van der Waals surface area contributed by atoms with E-state index in [9.17, 15) is 4.79 Å². The van der Waals surface area contributed by atoms with E-state index in [1.54, 1.807) is 26.4 Å². The number of anilines is 1. The van der Waals surface area contributed by atoms with E-state index in [-0.39, 0.29) is 5.91 Å². The zero-order valence-electron chi connectivity index (χ0n) is 11.6. The van der Waals surface area contributed by atoms with Gasteiger partial charge in [-0.2, -0.15) is 0 Å². The van der Waals surface area contributed by atoms with Gasteiger partial charge in [0.15, 0.2) is 0 Å². The molecule has 0 saturated heterocycles. The third-order valence-corrected chi connectivity index (χ3v) is 2.83. The Balaban J connectivity index is 2.12. The number of methoxy groups -OCH3 is 2. The summed E-state index contributed by atoms with van der Waals surface area (Å²) in [6, 6.07) is 14.6. The summed E-state index contributed by atoms with van der Waals surface area (Å²) in [5.41, 5.74) is 2.26. The predicted molar refractivity (Wildman–Crippen MR) is 78.1 cm³/mol. The van der Waals surface area contributed by atoms with Gasteiger partial charge in [-0.15, -0.1) is 0 Å². The van der Waals surface area contributed by atoms with Gasteiger partial charge in [-0.1, -0.05) is 18.2 Å². The summed E-state index contributed by atoms with van der Waals surface area (Å²) in [5, 5.41) is 2.84. The van der Waals surface area contributed by atoms with Gasteiger partial charge in [-0.3, -0.25) is 4.79 Å². The Morgan fingerprint density at radius 1 is 1.10 bits per heavy atom. The molecular formula is C16H17NO3. The molecule has 0 aliphatic heterocycles. The minimum Gasteiger partial charge on any atom is -0.497 e. The van der Waals surface area contributed by atoms with Gasteiger partial charge in [0.2, 0.25) is 0 Å². The summed E-state index contributed by atoms with van der Waals surface area (Å²) < 4.78 is 10.2. The average molecular weight is 271 g/mol. The Morgan fingerprint density at radius 2 is 1.90 bits per heavy atom. The van der Waals surface area contributed by atoms with Crippen molar-refractivity contribution in [3.8, 4) is 5.75 Å². The summed E-state index contributed by atoms with van der Waals surface area (Å²) >= 11 is 0. The fraction of sp³-hybridized carbons (Fsp3) is 0.188. The number of benzene rings is 2. The molecule has 2 aromatic carbocycles. The van der Waals surface area contributed by atoms with Crippen LogP contribution < -0.4 is 10.1 Å². The van der Waals surface area contributed by atoms with E-state index in [0.29, 0.717) is 23.6 Å². The zero-order valence-corrected chi connectivity index (χ0v) is 11.6. The van der Waals surface area contributed by atoms with E-state index in [4.69, 9.17) is 9.47 Å². The first-order valence-electron chi connectivity index (χ1n) is 6.26. The Morgan fingerprint density at radius 3 is 2.65 bits per heavy atom. The summed E-state index contributed by atoms with van der Waals surface area (Å²) in [4.78, 5) is 12.2. The largest absolute Gasteiger partial charge is 0.497 e. The van der Waals surface area contributed by atoms with Crippen molar-refractivity contribution in [3.05, 3.63) is 59.7 Å². The molecule has 20 heavy (non-hydrogen) atoms. The van der Waals surface area contributed by atoms with Crippen molar-refractivity contribution in [2.75, 3.05) is 19.5 Å². The van der Waals surface area contributed by atoms with Crippen molar-refractivity contribution >= 4 is 11.6 Å². The highest BCUT2D eigenvalue weighted by atomic mass is 16.5. The van der Waals surface area contributed by atoms with Crippen molar-refractivity contribution in [1.82, 2.24) is 0 Å². The third-order valence-electron chi connectivity index (χ3n) is 2.83. The Bertz CT molecular complexity index is 596. The summed E-state index contributed by atoms with van der Waals surface area (Å²) in [6.45, 7) is 0.486. The molecule has 0 unspecified atom stereocenters. The molecule has 0 bridgehead atoms. The second-order valence-electron chi connectivity index (χ2n) is 4.32. The normalized spacial score (nSPS) is 10.1. The van der Waals surface area contributed by atoms with Crippen LogP contribution in [0.5, 0.6) is 5.75 Å². The molecule has 0 heterocycles. The van der Waals surface area contributed by atoms with Crippen LogP contribution in [0.15, 0.2) is 48.5 Å². The molecule has 0 aromatic heterocycles. The smallest absolute Gasteiger partial charge is 0.255 e. The first kappa shape index (κ1) is 14.1. The topological polar surface area (TPSA) is 47.6 Å². The second-order valence-corrected chi connectivity index (χ2v) is 4.32. The molecule has 2 aromatic rings. The van der Waals surface area contributed by atoms with Crippen LogP contribution in [0.1, 0.15) is 15.9 Å². The van der Waals surface area contributed by atoms with E-state index in [1.165, 1.54) is 0 Å². The molecule has 0 aliphatic carbocycles. The van der Waals surface area contributed by atoms with Crippen LogP contribution in [0.4, 0.5) is 5.69 Å². The van der Waals surface area contributed by atoms with Crippen LogP contribution in [-0.2, 0) is 11.3 Å². The molecule has 2 rings (SSSR count). The number of ether oxygens (including phenoxy) is 2. The lowest BCUT2D eigenvalue weighted by molar-refractivity contribution is 0.102. The van der Waals surface area contributed by atoms with Crippen molar-refractivity contribution in [2.45, 2.75) is 6.61 Å². The van der Waals surface area contributed by atoms with E-state index in [0.717, 1.165) is 5.56 Å². The Kier molecular flexibility index (Phi) is 4.74. The van der Waals surface area contributed by atoms with E-state index < -0.39 is 0 Å².